The Bertz CT molecular complexity index is 450. The molecular formula is C18H25NO. The number of carbonyl (C=O) groups is 1. The van der Waals surface area contributed by atoms with Crippen LogP contribution in [0.5, 0.6) is 0 Å². The molecule has 0 bridgehead atoms. The number of hydrogen-bond acceptors (Lipinski definition) is 2. The highest BCUT2D eigenvalue weighted by atomic mass is 16.1. The van der Waals surface area contributed by atoms with Gasteiger partial charge in [-0.05, 0) is 26.3 Å². The lowest BCUT2D eigenvalue weighted by molar-refractivity contribution is -0.118. The molecule has 0 aliphatic heterocycles. The first-order valence-electron chi connectivity index (χ1n) is 7.14. The molecule has 2 nitrogen and oxygen atoms in total. The van der Waals surface area contributed by atoms with E-state index >= 15 is 0 Å². The minimum Gasteiger partial charge on any atom is -0.300 e. The number of ketones is 1. The summed E-state index contributed by atoms with van der Waals surface area (Å²) in [4.78, 5) is 13.8. The van der Waals surface area contributed by atoms with E-state index in [2.05, 4.69) is 36.6 Å². The summed E-state index contributed by atoms with van der Waals surface area (Å²) in [5.41, 5.74) is 1.26. The first-order chi connectivity index (χ1) is 9.60. The van der Waals surface area contributed by atoms with Crippen LogP contribution in [0.25, 0.3) is 0 Å². The van der Waals surface area contributed by atoms with Crippen molar-refractivity contribution >= 4 is 5.78 Å². The predicted molar refractivity (Wildman–Crippen MR) is 85.7 cm³/mol. The summed E-state index contributed by atoms with van der Waals surface area (Å²) in [5, 5.41) is 0. The van der Waals surface area contributed by atoms with Crippen LogP contribution in [-0.4, -0.2) is 23.3 Å². The molecule has 20 heavy (non-hydrogen) atoms. The Morgan fingerprint density at radius 1 is 1.35 bits per heavy atom. The number of nitrogens with zero attached hydrogens (tertiary/aromatic N) is 1. The number of allylic oxidation sites excluding steroid dienone is 1. The first-order valence-corrected chi connectivity index (χ1v) is 7.14. The average Bonchev–Trinajstić information content (AvgIpc) is 2.44. The number of carbonyl (C=O) groups excluding carboxylic acids is 1. The molecule has 0 aromatic heterocycles. The molecule has 1 aromatic rings. The minimum absolute atomic E-state index is 0.116. The third kappa shape index (κ3) is 4.78. The van der Waals surface area contributed by atoms with Crippen LogP contribution in [0.1, 0.15) is 38.8 Å². The Hall–Kier alpha value is -1.67. The van der Waals surface area contributed by atoms with Crippen molar-refractivity contribution in [3.8, 4) is 0 Å². The average molecular weight is 271 g/mol. The fourth-order valence-electron chi connectivity index (χ4n) is 2.47. The van der Waals surface area contributed by atoms with Crippen molar-refractivity contribution in [1.29, 1.82) is 0 Å². The van der Waals surface area contributed by atoms with Crippen molar-refractivity contribution in [3.05, 3.63) is 60.7 Å². The third-order valence-electron chi connectivity index (χ3n) is 3.46. The SMILES string of the molecule is C=CCN(C(/C=C/C)CC(C)=O)[C@@H](C)c1ccccc1. The molecule has 0 amide bonds. The lowest BCUT2D eigenvalue weighted by Crippen LogP contribution is -2.37. The molecule has 108 valence electrons. The van der Waals surface area contributed by atoms with E-state index in [1.54, 1.807) is 6.92 Å². The van der Waals surface area contributed by atoms with Gasteiger partial charge in [-0.1, -0.05) is 48.6 Å². The normalized spacial score (nSPS) is 14.4. The Balaban J connectivity index is 3.00. The molecule has 2 heteroatoms. The van der Waals surface area contributed by atoms with Crippen LogP contribution in [-0.2, 0) is 4.79 Å². The van der Waals surface area contributed by atoms with Gasteiger partial charge < -0.3 is 0 Å². The molecule has 0 saturated carbocycles. The molecule has 0 aliphatic carbocycles. The van der Waals surface area contributed by atoms with Crippen LogP contribution >= 0.6 is 0 Å². The van der Waals surface area contributed by atoms with E-state index in [9.17, 15) is 4.79 Å². The Morgan fingerprint density at radius 2 is 2.00 bits per heavy atom. The molecule has 0 fully saturated rings. The lowest BCUT2D eigenvalue weighted by atomic mass is 10.0. The summed E-state index contributed by atoms with van der Waals surface area (Å²) in [6, 6.07) is 10.7. The molecule has 0 heterocycles. The highest BCUT2D eigenvalue weighted by Crippen LogP contribution is 2.24. The van der Waals surface area contributed by atoms with E-state index in [0.717, 1.165) is 6.54 Å². The zero-order valence-electron chi connectivity index (χ0n) is 12.8. The molecule has 1 rings (SSSR count). The molecule has 0 N–H and O–H groups in total. The van der Waals surface area contributed by atoms with Gasteiger partial charge in [0.2, 0.25) is 0 Å². The Labute approximate surface area is 122 Å². The molecule has 0 spiro atoms. The lowest BCUT2D eigenvalue weighted by Gasteiger charge is -2.34. The van der Waals surface area contributed by atoms with Crippen molar-refractivity contribution in [2.75, 3.05) is 6.54 Å². The van der Waals surface area contributed by atoms with Gasteiger partial charge in [0.1, 0.15) is 5.78 Å². The van der Waals surface area contributed by atoms with E-state index in [0.29, 0.717) is 6.42 Å². The number of rotatable bonds is 8. The fourth-order valence-corrected chi connectivity index (χ4v) is 2.47. The summed E-state index contributed by atoms with van der Waals surface area (Å²) in [7, 11) is 0. The smallest absolute Gasteiger partial charge is 0.131 e. The van der Waals surface area contributed by atoms with Crippen LogP contribution in [0.2, 0.25) is 0 Å². The van der Waals surface area contributed by atoms with Crippen molar-refractivity contribution in [3.63, 3.8) is 0 Å². The van der Waals surface area contributed by atoms with Gasteiger partial charge in [0.15, 0.2) is 0 Å². The van der Waals surface area contributed by atoms with Crippen molar-refractivity contribution in [2.24, 2.45) is 0 Å². The van der Waals surface area contributed by atoms with Gasteiger partial charge in [-0.25, -0.2) is 0 Å². The summed E-state index contributed by atoms with van der Waals surface area (Å²) < 4.78 is 0. The van der Waals surface area contributed by atoms with E-state index in [-0.39, 0.29) is 17.9 Å². The fraction of sp³-hybridized carbons (Fsp3) is 0.389. The van der Waals surface area contributed by atoms with Gasteiger partial charge >= 0.3 is 0 Å². The second-order valence-electron chi connectivity index (χ2n) is 5.07. The standard InChI is InChI=1S/C18H25NO/c1-5-10-18(14-15(3)20)19(13-6-2)16(4)17-11-8-7-9-12-17/h5-12,16,18H,2,13-14H2,1,3-4H3/b10-5+/t16-,18?/m0/s1. The largest absolute Gasteiger partial charge is 0.300 e. The molecular weight excluding hydrogens is 246 g/mol. The molecule has 0 aliphatic rings. The Morgan fingerprint density at radius 3 is 2.50 bits per heavy atom. The molecule has 2 atom stereocenters. The van der Waals surface area contributed by atoms with Crippen LogP contribution in [0.4, 0.5) is 0 Å². The highest BCUT2D eigenvalue weighted by Gasteiger charge is 2.22. The maximum atomic E-state index is 11.5. The summed E-state index contributed by atoms with van der Waals surface area (Å²) in [5.74, 6) is 0.211. The van der Waals surface area contributed by atoms with E-state index < -0.39 is 0 Å². The van der Waals surface area contributed by atoms with Crippen LogP contribution in [0, 0.1) is 0 Å². The van der Waals surface area contributed by atoms with Crippen LogP contribution in [0.3, 0.4) is 0 Å². The molecule has 0 radical (unpaired) electrons. The summed E-state index contributed by atoms with van der Waals surface area (Å²) >= 11 is 0. The number of benzene rings is 1. The maximum Gasteiger partial charge on any atom is 0.131 e. The third-order valence-corrected chi connectivity index (χ3v) is 3.46. The van der Waals surface area contributed by atoms with Crippen molar-refractivity contribution in [1.82, 2.24) is 4.90 Å². The van der Waals surface area contributed by atoms with Crippen molar-refractivity contribution < 1.29 is 4.79 Å². The number of Topliss-reactive ketones (excluding diaryl/α,β-unsaturated/α-hetero) is 1. The van der Waals surface area contributed by atoms with Crippen molar-refractivity contribution in [2.45, 2.75) is 39.3 Å². The van der Waals surface area contributed by atoms with Gasteiger partial charge in [0, 0.05) is 25.0 Å². The predicted octanol–water partition coefficient (Wildman–Crippen LogP) is 4.16. The summed E-state index contributed by atoms with van der Waals surface area (Å²) in [6.45, 7) is 10.4. The number of hydrogen-bond donors (Lipinski definition) is 0. The zero-order chi connectivity index (χ0) is 15.0. The van der Waals surface area contributed by atoms with Gasteiger partial charge in [-0.15, -0.1) is 6.58 Å². The van der Waals surface area contributed by atoms with Gasteiger partial charge in [0.25, 0.3) is 0 Å². The first kappa shape index (κ1) is 16.4. The quantitative estimate of drug-likeness (QED) is 0.662. The summed E-state index contributed by atoms with van der Waals surface area (Å²) in [6.07, 6.45) is 6.55. The Kier molecular flexibility index (Phi) is 6.96. The van der Waals surface area contributed by atoms with E-state index in [4.69, 9.17) is 0 Å². The molecule has 0 saturated heterocycles. The second-order valence-corrected chi connectivity index (χ2v) is 5.07. The second kappa shape index (κ2) is 8.49. The minimum atomic E-state index is 0.116. The van der Waals surface area contributed by atoms with Gasteiger partial charge in [-0.2, -0.15) is 0 Å². The van der Waals surface area contributed by atoms with E-state index in [1.165, 1.54) is 5.56 Å². The molecule has 1 aromatic carbocycles. The topological polar surface area (TPSA) is 20.3 Å². The zero-order valence-corrected chi connectivity index (χ0v) is 12.8. The monoisotopic (exact) mass is 271 g/mol. The van der Waals surface area contributed by atoms with Crippen LogP contribution in [0.15, 0.2) is 55.1 Å². The van der Waals surface area contributed by atoms with Gasteiger partial charge in [0.05, 0.1) is 0 Å². The molecule has 1 unspecified atom stereocenters. The van der Waals surface area contributed by atoms with E-state index in [1.807, 2.05) is 37.3 Å². The highest BCUT2D eigenvalue weighted by molar-refractivity contribution is 5.76. The van der Waals surface area contributed by atoms with Crippen LogP contribution < -0.4 is 0 Å². The van der Waals surface area contributed by atoms with Gasteiger partial charge in [-0.3, -0.25) is 9.69 Å². The maximum absolute atomic E-state index is 11.5.